The van der Waals surface area contributed by atoms with E-state index in [-0.39, 0.29) is 24.5 Å². The number of hydrogen-bond acceptors (Lipinski definition) is 3. The molecule has 2 atom stereocenters. The van der Waals surface area contributed by atoms with Crippen LogP contribution in [0.5, 0.6) is 0 Å². The average molecular weight is 211 g/mol. The van der Waals surface area contributed by atoms with Gasteiger partial charge in [-0.25, -0.2) is 4.79 Å². The van der Waals surface area contributed by atoms with Gasteiger partial charge in [-0.1, -0.05) is 0 Å². The van der Waals surface area contributed by atoms with Crippen LogP contribution in [0.4, 0.5) is 4.79 Å². The van der Waals surface area contributed by atoms with Crippen LogP contribution in [0.25, 0.3) is 0 Å². The molecule has 0 aromatic rings. The number of amides is 3. The highest BCUT2D eigenvalue weighted by Gasteiger charge is 2.36. The SMILES string of the molecule is CC(C1CCCNC1)N1C(=O)CNC1=O. The number of carbonyl (C=O) groups excluding carboxylic acids is 2. The van der Waals surface area contributed by atoms with Gasteiger partial charge in [0.15, 0.2) is 0 Å². The van der Waals surface area contributed by atoms with E-state index in [1.807, 2.05) is 6.92 Å². The molecular formula is C10H17N3O2. The van der Waals surface area contributed by atoms with E-state index in [1.165, 1.54) is 4.90 Å². The average Bonchev–Trinajstić information content (AvgIpc) is 2.59. The number of imide groups is 1. The van der Waals surface area contributed by atoms with Gasteiger partial charge < -0.3 is 10.6 Å². The predicted molar refractivity (Wildman–Crippen MR) is 55.3 cm³/mol. The first-order chi connectivity index (χ1) is 7.20. The van der Waals surface area contributed by atoms with E-state index in [4.69, 9.17) is 0 Å². The lowest BCUT2D eigenvalue weighted by Crippen LogP contribution is -2.47. The summed E-state index contributed by atoms with van der Waals surface area (Å²) in [5, 5.41) is 5.86. The maximum Gasteiger partial charge on any atom is 0.324 e. The van der Waals surface area contributed by atoms with Crippen LogP contribution in [0.1, 0.15) is 19.8 Å². The van der Waals surface area contributed by atoms with E-state index >= 15 is 0 Å². The van der Waals surface area contributed by atoms with Crippen LogP contribution in [-0.4, -0.2) is 42.5 Å². The van der Waals surface area contributed by atoms with Crippen LogP contribution >= 0.6 is 0 Å². The summed E-state index contributed by atoms with van der Waals surface area (Å²) in [6.07, 6.45) is 2.21. The van der Waals surface area contributed by atoms with Crippen molar-refractivity contribution in [2.75, 3.05) is 19.6 Å². The van der Waals surface area contributed by atoms with Crippen LogP contribution < -0.4 is 10.6 Å². The largest absolute Gasteiger partial charge is 0.329 e. The quantitative estimate of drug-likeness (QED) is 0.628. The molecule has 2 aliphatic rings. The Kier molecular flexibility index (Phi) is 2.90. The zero-order valence-corrected chi connectivity index (χ0v) is 8.95. The topological polar surface area (TPSA) is 61.4 Å². The Hall–Kier alpha value is -1.10. The lowest BCUT2D eigenvalue weighted by Gasteiger charge is -2.32. The number of nitrogens with zero attached hydrogens (tertiary/aromatic N) is 1. The van der Waals surface area contributed by atoms with E-state index in [1.54, 1.807) is 0 Å². The zero-order chi connectivity index (χ0) is 10.8. The summed E-state index contributed by atoms with van der Waals surface area (Å²) in [6.45, 7) is 4.06. The standard InChI is InChI=1S/C10H17N3O2/c1-7(8-3-2-4-11-5-8)13-9(14)6-12-10(13)15/h7-8,11H,2-6H2,1H3,(H,12,15). The van der Waals surface area contributed by atoms with Crippen molar-refractivity contribution in [3.63, 3.8) is 0 Å². The first-order valence-electron chi connectivity index (χ1n) is 5.51. The molecular weight excluding hydrogens is 194 g/mol. The van der Waals surface area contributed by atoms with Gasteiger partial charge >= 0.3 is 6.03 Å². The second kappa shape index (κ2) is 4.18. The van der Waals surface area contributed by atoms with Gasteiger partial charge in [0.25, 0.3) is 0 Å². The monoisotopic (exact) mass is 211 g/mol. The van der Waals surface area contributed by atoms with Gasteiger partial charge in [0.05, 0.1) is 6.54 Å². The van der Waals surface area contributed by atoms with Crippen molar-refractivity contribution in [2.45, 2.75) is 25.8 Å². The summed E-state index contributed by atoms with van der Waals surface area (Å²) in [5.74, 6) is 0.296. The number of carbonyl (C=O) groups is 2. The minimum absolute atomic E-state index is 0.00722. The molecule has 2 fully saturated rings. The summed E-state index contributed by atoms with van der Waals surface area (Å²) in [7, 11) is 0. The molecule has 5 nitrogen and oxygen atoms in total. The molecule has 3 amide bonds. The highest BCUT2D eigenvalue weighted by molar-refractivity contribution is 6.02. The van der Waals surface area contributed by atoms with E-state index in [9.17, 15) is 9.59 Å². The first-order valence-corrected chi connectivity index (χ1v) is 5.51. The Bertz CT molecular complexity index is 258. The van der Waals surface area contributed by atoms with Gasteiger partial charge in [-0.15, -0.1) is 0 Å². The Morgan fingerprint density at radius 3 is 2.80 bits per heavy atom. The van der Waals surface area contributed by atoms with Gasteiger partial charge in [0.2, 0.25) is 5.91 Å². The Morgan fingerprint density at radius 2 is 2.27 bits per heavy atom. The number of rotatable bonds is 2. The molecule has 2 saturated heterocycles. The lowest BCUT2D eigenvalue weighted by molar-refractivity contribution is -0.127. The molecule has 2 N–H and O–H groups in total. The zero-order valence-electron chi connectivity index (χ0n) is 8.95. The Labute approximate surface area is 89.2 Å². The van der Waals surface area contributed by atoms with Crippen molar-refractivity contribution < 1.29 is 9.59 Å². The maximum absolute atomic E-state index is 11.5. The molecule has 2 unspecified atom stereocenters. The van der Waals surface area contributed by atoms with E-state index in [2.05, 4.69) is 10.6 Å². The first kappa shape index (κ1) is 10.4. The molecule has 0 radical (unpaired) electrons. The van der Waals surface area contributed by atoms with Crippen LogP contribution in [0.3, 0.4) is 0 Å². The second-order valence-electron chi connectivity index (χ2n) is 4.27. The molecule has 0 aromatic heterocycles. The van der Waals surface area contributed by atoms with Gasteiger partial charge in [-0.2, -0.15) is 0 Å². The van der Waals surface area contributed by atoms with Gasteiger partial charge in [-0.3, -0.25) is 9.69 Å². The van der Waals surface area contributed by atoms with Crippen LogP contribution in [0.15, 0.2) is 0 Å². The summed E-state index contributed by atoms with van der Waals surface area (Å²) in [4.78, 5) is 24.3. The van der Waals surface area contributed by atoms with Crippen molar-refractivity contribution in [1.82, 2.24) is 15.5 Å². The lowest BCUT2D eigenvalue weighted by atomic mass is 9.92. The highest BCUT2D eigenvalue weighted by Crippen LogP contribution is 2.20. The summed E-state index contributed by atoms with van der Waals surface area (Å²) in [5.41, 5.74) is 0. The highest BCUT2D eigenvalue weighted by atomic mass is 16.2. The Balaban J connectivity index is 2.02. The van der Waals surface area contributed by atoms with Crippen molar-refractivity contribution in [2.24, 2.45) is 5.92 Å². The Morgan fingerprint density at radius 1 is 1.47 bits per heavy atom. The molecule has 15 heavy (non-hydrogen) atoms. The molecule has 0 spiro atoms. The van der Waals surface area contributed by atoms with Gasteiger partial charge in [0.1, 0.15) is 0 Å². The molecule has 2 rings (SSSR count). The van der Waals surface area contributed by atoms with Crippen LogP contribution in [0.2, 0.25) is 0 Å². The molecule has 0 aromatic carbocycles. The molecule has 0 aliphatic carbocycles. The number of piperidine rings is 1. The second-order valence-corrected chi connectivity index (χ2v) is 4.27. The third-order valence-corrected chi connectivity index (χ3v) is 3.30. The van der Waals surface area contributed by atoms with Crippen molar-refractivity contribution >= 4 is 11.9 Å². The van der Waals surface area contributed by atoms with E-state index in [0.29, 0.717) is 5.92 Å². The minimum Gasteiger partial charge on any atom is -0.329 e. The third-order valence-electron chi connectivity index (χ3n) is 3.30. The fourth-order valence-corrected chi connectivity index (χ4v) is 2.35. The van der Waals surface area contributed by atoms with E-state index in [0.717, 1.165) is 25.9 Å². The molecule has 84 valence electrons. The van der Waals surface area contributed by atoms with Crippen molar-refractivity contribution in [3.8, 4) is 0 Å². The predicted octanol–water partition coefficient (Wildman–Crippen LogP) is -0.0737. The van der Waals surface area contributed by atoms with E-state index < -0.39 is 0 Å². The van der Waals surface area contributed by atoms with Gasteiger partial charge in [0, 0.05) is 6.04 Å². The summed E-state index contributed by atoms with van der Waals surface area (Å²) >= 11 is 0. The number of nitrogens with one attached hydrogen (secondary N) is 2. The van der Waals surface area contributed by atoms with Crippen molar-refractivity contribution in [1.29, 1.82) is 0 Å². The molecule has 2 heterocycles. The summed E-state index contributed by atoms with van der Waals surface area (Å²) in [6, 6.07) is -0.231. The normalized spacial score (nSPS) is 29.1. The van der Waals surface area contributed by atoms with Crippen LogP contribution in [-0.2, 0) is 4.79 Å². The molecule has 5 heteroatoms. The van der Waals surface area contributed by atoms with Crippen LogP contribution in [0, 0.1) is 5.92 Å². The van der Waals surface area contributed by atoms with Crippen molar-refractivity contribution in [3.05, 3.63) is 0 Å². The molecule has 0 bridgehead atoms. The third kappa shape index (κ3) is 1.97. The van der Waals surface area contributed by atoms with Gasteiger partial charge in [-0.05, 0) is 38.8 Å². The molecule has 2 aliphatic heterocycles. The smallest absolute Gasteiger partial charge is 0.324 e. The minimum atomic E-state index is -0.238. The fraction of sp³-hybridized carbons (Fsp3) is 0.800. The molecule has 0 saturated carbocycles. The maximum atomic E-state index is 11.5. The number of urea groups is 1. The fourth-order valence-electron chi connectivity index (χ4n) is 2.35. The number of hydrogen-bond donors (Lipinski definition) is 2. The summed E-state index contributed by atoms with van der Waals surface area (Å²) < 4.78 is 0.